The number of allylic oxidation sites excluding steroid dienone is 1. The Hall–Kier alpha value is -1.67. The zero-order valence-electron chi connectivity index (χ0n) is 10.3. The van der Waals surface area contributed by atoms with Crippen molar-refractivity contribution in [3.05, 3.63) is 53.6 Å². The largest absolute Gasteiger partial charge is 0.384 e. The summed E-state index contributed by atoms with van der Waals surface area (Å²) in [6, 6.07) is 9.69. The first-order valence-corrected chi connectivity index (χ1v) is 5.77. The quantitative estimate of drug-likeness (QED) is 0.789. The van der Waals surface area contributed by atoms with Crippen LogP contribution in [-0.2, 0) is 4.79 Å². The van der Waals surface area contributed by atoms with E-state index in [0.29, 0.717) is 5.57 Å². The summed E-state index contributed by atoms with van der Waals surface area (Å²) < 4.78 is 0. The highest BCUT2D eigenvalue weighted by Gasteiger charge is 2.11. The van der Waals surface area contributed by atoms with Crippen molar-refractivity contribution >= 4 is 11.9 Å². The molecule has 1 unspecified atom stereocenters. The SMILES string of the molecule is CC/C=C(\C(C)=O)C(O)/C=C/c1ccccc1. The minimum atomic E-state index is -0.826. The Bertz CT molecular complexity index is 416. The third kappa shape index (κ3) is 4.37. The van der Waals surface area contributed by atoms with Gasteiger partial charge in [0.2, 0.25) is 0 Å². The van der Waals surface area contributed by atoms with Gasteiger partial charge in [-0.15, -0.1) is 0 Å². The second-order valence-corrected chi connectivity index (χ2v) is 3.84. The van der Waals surface area contributed by atoms with E-state index in [9.17, 15) is 9.90 Å². The Morgan fingerprint density at radius 3 is 2.53 bits per heavy atom. The first kappa shape index (κ1) is 13.4. The highest BCUT2D eigenvalue weighted by molar-refractivity contribution is 5.94. The molecule has 17 heavy (non-hydrogen) atoms. The lowest BCUT2D eigenvalue weighted by Crippen LogP contribution is -2.13. The van der Waals surface area contributed by atoms with Crippen LogP contribution in [0.3, 0.4) is 0 Å². The molecule has 1 aromatic rings. The van der Waals surface area contributed by atoms with E-state index in [1.807, 2.05) is 43.3 Å². The molecule has 1 rings (SSSR count). The smallest absolute Gasteiger partial charge is 0.158 e. The molecule has 0 bridgehead atoms. The molecule has 0 aliphatic carbocycles. The zero-order valence-corrected chi connectivity index (χ0v) is 10.3. The van der Waals surface area contributed by atoms with Crippen molar-refractivity contribution in [1.29, 1.82) is 0 Å². The molecule has 1 atom stereocenters. The summed E-state index contributed by atoms with van der Waals surface area (Å²) in [5, 5.41) is 9.90. The fraction of sp³-hybridized carbons (Fsp3) is 0.267. The van der Waals surface area contributed by atoms with Crippen LogP contribution < -0.4 is 0 Å². The van der Waals surface area contributed by atoms with E-state index in [1.54, 1.807) is 12.2 Å². The Morgan fingerprint density at radius 1 is 1.35 bits per heavy atom. The Morgan fingerprint density at radius 2 is 2.00 bits per heavy atom. The van der Waals surface area contributed by atoms with Crippen molar-refractivity contribution in [2.45, 2.75) is 26.4 Å². The van der Waals surface area contributed by atoms with Crippen molar-refractivity contribution in [2.24, 2.45) is 0 Å². The van der Waals surface area contributed by atoms with Gasteiger partial charge < -0.3 is 5.11 Å². The number of hydrogen-bond acceptors (Lipinski definition) is 2. The molecule has 0 aliphatic heterocycles. The molecule has 1 N–H and O–H groups in total. The lowest BCUT2D eigenvalue weighted by molar-refractivity contribution is -0.114. The van der Waals surface area contributed by atoms with Gasteiger partial charge in [0.1, 0.15) is 6.10 Å². The van der Waals surface area contributed by atoms with Gasteiger partial charge in [0, 0.05) is 5.57 Å². The van der Waals surface area contributed by atoms with Gasteiger partial charge in [-0.2, -0.15) is 0 Å². The van der Waals surface area contributed by atoms with Gasteiger partial charge in [0.25, 0.3) is 0 Å². The van der Waals surface area contributed by atoms with Gasteiger partial charge in [-0.3, -0.25) is 4.79 Å². The van der Waals surface area contributed by atoms with Crippen LogP contribution in [0, 0.1) is 0 Å². The maximum atomic E-state index is 11.3. The molecule has 0 amide bonds. The molecule has 0 heterocycles. The van der Waals surface area contributed by atoms with Crippen LogP contribution in [0.4, 0.5) is 0 Å². The van der Waals surface area contributed by atoms with Crippen molar-refractivity contribution in [2.75, 3.05) is 0 Å². The monoisotopic (exact) mass is 230 g/mol. The normalized spacial score (nSPS) is 13.9. The van der Waals surface area contributed by atoms with Crippen LogP contribution >= 0.6 is 0 Å². The fourth-order valence-electron chi connectivity index (χ4n) is 1.56. The maximum Gasteiger partial charge on any atom is 0.158 e. The molecule has 0 saturated heterocycles. The molecule has 0 aromatic heterocycles. The number of carbonyl (C=O) groups is 1. The van der Waals surface area contributed by atoms with Gasteiger partial charge in [-0.05, 0) is 18.9 Å². The molecule has 0 aliphatic rings. The van der Waals surface area contributed by atoms with Gasteiger partial charge in [0.05, 0.1) is 0 Å². The molecular weight excluding hydrogens is 212 g/mol. The molecule has 0 radical (unpaired) electrons. The van der Waals surface area contributed by atoms with Crippen molar-refractivity contribution in [3.8, 4) is 0 Å². The van der Waals surface area contributed by atoms with E-state index in [-0.39, 0.29) is 5.78 Å². The number of rotatable bonds is 5. The molecule has 2 nitrogen and oxygen atoms in total. The summed E-state index contributed by atoms with van der Waals surface area (Å²) in [7, 11) is 0. The third-order valence-corrected chi connectivity index (χ3v) is 2.42. The number of carbonyl (C=O) groups excluding carboxylic acids is 1. The zero-order chi connectivity index (χ0) is 12.7. The first-order valence-electron chi connectivity index (χ1n) is 5.77. The summed E-state index contributed by atoms with van der Waals surface area (Å²) in [5.74, 6) is -0.0861. The lowest BCUT2D eigenvalue weighted by atomic mass is 10.0. The second kappa shape index (κ2) is 6.81. The van der Waals surface area contributed by atoms with Gasteiger partial charge in [-0.25, -0.2) is 0 Å². The van der Waals surface area contributed by atoms with Crippen LogP contribution in [0.5, 0.6) is 0 Å². The van der Waals surface area contributed by atoms with Crippen LogP contribution in [0.15, 0.2) is 48.1 Å². The van der Waals surface area contributed by atoms with Gasteiger partial charge >= 0.3 is 0 Å². The van der Waals surface area contributed by atoms with E-state index in [1.165, 1.54) is 6.92 Å². The van der Waals surface area contributed by atoms with Crippen molar-refractivity contribution < 1.29 is 9.90 Å². The summed E-state index contributed by atoms with van der Waals surface area (Å²) >= 11 is 0. The molecule has 90 valence electrons. The Labute approximate surface area is 102 Å². The number of Topliss-reactive ketones (excluding diaryl/α,β-unsaturated/α-hetero) is 1. The van der Waals surface area contributed by atoms with E-state index < -0.39 is 6.10 Å². The van der Waals surface area contributed by atoms with Crippen molar-refractivity contribution in [1.82, 2.24) is 0 Å². The Kier molecular flexibility index (Phi) is 5.37. The molecule has 0 fully saturated rings. The standard InChI is InChI=1S/C15H18O2/c1-3-7-14(12(2)16)15(17)11-10-13-8-5-4-6-9-13/h4-11,15,17H,3H2,1-2H3/b11-10+,14-7+. The highest BCUT2D eigenvalue weighted by atomic mass is 16.3. The number of benzene rings is 1. The number of hydrogen-bond donors (Lipinski definition) is 1. The van der Waals surface area contributed by atoms with E-state index in [2.05, 4.69) is 0 Å². The van der Waals surface area contributed by atoms with Gasteiger partial charge in [0.15, 0.2) is 5.78 Å². The molecule has 0 saturated carbocycles. The van der Waals surface area contributed by atoms with Crippen LogP contribution in [-0.4, -0.2) is 17.0 Å². The average molecular weight is 230 g/mol. The van der Waals surface area contributed by atoms with Crippen molar-refractivity contribution in [3.63, 3.8) is 0 Å². The predicted octanol–water partition coefficient (Wildman–Crippen LogP) is 2.99. The topological polar surface area (TPSA) is 37.3 Å². The minimum absolute atomic E-state index is 0.0861. The summed E-state index contributed by atoms with van der Waals surface area (Å²) in [5.41, 5.74) is 1.46. The predicted molar refractivity (Wildman–Crippen MR) is 70.5 cm³/mol. The lowest BCUT2D eigenvalue weighted by Gasteiger charge is -2.07. The van der Waals surface area contributed by atoms with E-state index in [0.717, 1.165) is 12.0 Å². The average Bonchev–Trinajstić information content (AvgIpc) is 2.34. The molecule has 0 spiro atoms. The van der Waals surface area contributed by atoms with E-state index >= 15 is 0 Å². The molecule has 1 aromatic carbocycles. The minimum Gasteiger partial charge on any atom is -0.384 e. The van der Waals surface area contributed by atoms with Crippen LogP contribution in [0.1, 0.15) is 25.8 Å². The van der Waals surface area contributed by atoms with Crippen LogP contribution in [0.2, 0.25) is 0 Å². The Balaban J connectivity index is 2.77. The summed E-state index contributed by atoms with van der Waals surface area (Å²) in [6.07, 6.45) is 5.13. The summed E-state index contributed by atoms with van der Waals surface area (Å²) in [6.45, 7) is 3.41. The van der Waals surface area contributed by atoms with Crippen LogP contribution in [0.25, 0.3) is 6.08 Å². The van der Waals surface area contributed by atoms with Gasteiger partial charge in [-0.1, -0.05) is 55.5 Å². The second-order valence-electron chi connectivity index (χ2n) is 3.84. The van der Waals surface area contributed by atoms with E-state index in [4.69, 9.17) is 0 Å². The number of aliphatic hydroxyl groups excluding tert-OH is 1. The maximum absolute atomic E-state index is 11.3. The number of ketones is 1. The molecule has 2 heteroatoms. The third-order valence-electron chi connectivity index (χ3n) is 2.42. The summed E-state index contributed by atoms with van der Waals surface area (Å²) in [4.78, 5) is 11.3. The fourth-order valence-corrected chi connectivity index (χ4v) is 1.56. The molecular formula is C15H18O2. The number of aliphatic hydroxyl groups is 1. The highest BCUT2D eigenvalue weighted by Crippen LogP contribution is 2.09. The first-order chi connectivity index (χ1) is 8.15.